The molecule has 17 heavy (non-hydrogen) atoms. The van der Waals surface area contributed by atoms with Gasteiger partial charge in [0.15, 0.2) is 0 Å². The molecule has 0 spiro atoms. The molecule has 4 heteroatoms. The highest BCUT2D eigenvalue weighted by Gasteiger charge is 2.35. The van der Waals surface area contributed by atoms with Crippen molar-refractivity contribution >= 4 is 0 Å². The maximum absolute atomic E-state index is 10.2. The van der Waals surface area contributed by atoms with Crippen molar-refractivity contribution in [2.45, 2.75) is 51.8 Å². The van der Waals surface area contributed by atoms with Crippen LogP contribution in [0, 0.1) is 6.92 Å². The standard InChI is InChI=1S/C13H23N3O/c1-10-11(8-14-15(10)4)9-16-7-5-6-12(16)13(2,3)17/h8,12,17H,5-7,9H2,1-4H3. The first kappa shape index (κ1) is 12.6. The molecule has 0 aromatic carbocycles. The molecule has 1 aromatic heterocycles. The van der Waals surface area contributed by atoms with Gasteiger partial charge in [-0.15, -0.1) is 0 Å². The van der Waals surface area contributed by atoms with Gasteiger partial charge in [-0.1, -0.05) is 0 Å². The summed E-state index contributed by atoms with van der Waals surface area (Å²) in [5.41, 5.74) is 1.86. The Morgan fingerprint density at radius 3 is 2.76 bits per heavy atom. The molecule has 1 aliphatic heterocycles. The summed E-state index contributed by atoms with van der Waals surface area (Å²) in [6.07, 6.45) is 4.20. The molecule has 0 radical (unpaired) electrons. The van der Waals surface area contributed by atoms with Gasteiger partial charge >= 0.3 is 0 Å². The van der Waals surface area contributed by atoms with E-state index in [1.54, 1.807) is 0 Å². The van der Waals surface area contributed by atoms with Crippen LogP contribution in [-0.2, 0) is 13.6 Å². The predicted molar refractivity (Wildman–Crippen MR) is 67.7 cm³/mol. The average Bonchev–Trinajstić information content (AvgIpc) is 2.79. The molecule has 1 fully saturated rings. The minimum Gasteiger partial charge on any atom is -0.389 e. The lowest BCUT2D eigenvalue weighted by Crippen LogP contribution is -2.45. The van der Waals surface area contributed by atoms with Gasteiger partial charge < -0.3 is 5.11 Å². The number of aromatic nitrogens is 2. The molecular weight excluding hydrogens is 214 g/mol. The minimum atomic E-state index is -0.618. The van der Waals surface area contributed by atoms with E-state index in [1.807, 2.05) is 31.8 Å². The Bertz CT molecular complexity index is 392. The van der Waals surface area contributed by atoms with Crippen molar-refractivity contribution in [2.24, 2.45) is 7.05 Å². The van der Waals surface area contributed by atoms with Crippen LogP contribution in [0.5, 0.6) is 0 Å². The van der Waals surface area contributed by atoms with Gasteiger partial charge in [-0.2, -0.15) is 5.10 Å². The third-order valence-electron chi connectivity index (χ3n) is 3.89. The second kappa shape index (κ2) is 4.42. The van der Waals surface area contributed by atoms with E-state index in [4.69, 9.17) is 0 Å². The van der Waals surface area contributed by atoms with Gasteiger partial charge in [-0.05, 0) is 40.2 Å². The zero-order chi connectivity index (χ0) is 12.6. The molecule has 1 aromatic rings. The monoisotopic (exact) mass is 237 g/mol. The van der Waals surface area contributed by atoms with Gasteiger partial charge in [0.1, 0.15) is 0 Å². The van der Waals surface area contributed by atoms with Crippen LogP contribution >= 0.6 is 0 Å². The number of hydrogen-bond acceptors (Lipinski definition) is 3. The van der Waals surface area contributed by atoms with Crippen molar-refractivity contribution in [1.82, 2.24) is 14.7 Å². The fourth-order valence-corrected chi connectivity index (χ4v) is 2.73. The van der Waals surface area contributed by atoms with Crippen LogP contribution in [0.25, 0.3) is 0 Å². The average molecular weight is 237 g/mol. The van der Waals surface area contributed by atoms with E-state index in [0.717, 1.165) is 19.5 Å². The van der Waals surface area contributed by atoms with Crippen molar-refractivity contribution in [1.29, 1.82) is 0 Å². The van der Waals surface area contributed by atoms with Crippen LogP contribution < -0.4 is 0 Å². The summed E-state index contributed by atoms with van der Waals surface area (Å²) in [5.74, 6) is 0. The van der Waals surface area contributed by atoms with Crippen LogP contribution in [0.1, 0.15) is 37.9 Å². The number of nitrogens with zero attached hydrogens (tertiary/aromatic N) is 3. The normalized spacial score (nSPS) is 22.3. The van der Waals surface area contributed by atoms with Crippen molar-refractivity contribution < 1.29 is 5.11 Å². The van der Waals surface area contributed by atoms with Crippen molar-refractivity contribution in [2.75, 3.05) is 6.54 Å². The Morgan fingerprint density at radius 1 is 1.53 bits per heavy atom. The molecule has 1 atom stereocenters. The van der Waals surface area contributed by atoms with Crippen LogP contribution in [0.15, 0.2) is 6.20 Å². The Balaban J connectivity index is 2.11. The molecule has 2 heterocycles. The van der Waals surface area contributed by atoms with Gasteiger partial charge in [0, 0.05) is 30.9 Å². The smallest absolute Gasteiger partial charge is 0.0746 e. The van der Waals surface area contributed by atoms with Crippen molar-refractivity contribution in [3.8, 4) is 0 Å². The van der Waals surface area contributed by atoms with E-state index in [9.17, 15) is 5.11 Å². The summed E-state index contributed by atoms with van der Waals surface area (Å²) < 4.78 is 1.91. The quantitative estimate of drug-likeness (QED) is 0.865. The SMILES string of the molecule is Cc1c(CN2CCCC2C(C)(C)O)cnn1C. The second-order valence-corrected chi connectivity index (χ2v) is 5.66. The summed E-state index contributed by atoms with van der Waals surface area (Å²) >= 11 is 0. The highest BCUT2D eigenvalue weighted by Crippen LogP contribution is 2.28. The first-order valence-electron chi connectivity index (χ1n) is 6.33. The molecular formula is C13H23N3O. The van der Waals surface area contributed by atoms with Gasteiger partial charge in [0.2, 0.25) is 0 Å². The molecule has 0 saturated carbocycles. The fourth-order valence-electron chi connectivity index (χ4n) is 2.73. The molecule has 0 aliphatic carbocycles. The molecule has 1 saturated heterocycles. The summed E-state index contributed by atoms with van der Waals surface area (Å²) in [7, 11) is 1.97. The zero-order valence-electron chi connectivity index (χ0n) is 11.3. The largest absolute Gasteiger partial charge is 0.389 e. The molecule has 0 amide bonds. The first-order valence-corrected chi connectivity index (χ1v) is 6.33. The number of aryl methyl sites for hydroxylation is 1. The van der Waals surface area contributed by atoms with E-state index in [1.165, 1.54) is 17.7 Å². The fraction of sp³-hybridized carbons (Fsp3) is 0.769. The Labute approximate surface area is 103 Å². The third kappa shape index (κ3) is 2.53. The molecule has 1 aliphatic rings. The maximum atomic E-state index is 10.2. The Kier molecular flexibility index (Phi) is 3.27. The molecule has 4 nitrogen and oxygen atoms in total. The summed E-state index contributed by atoms with van der Waals surface area (Å²) in [6.45, 7) is 7.88. The van der Waals surface area contributed by atoms with E-state index in [0.29, 0.717) is 0 Å². The molecule has 2 rings (SSSR count). The lowest BCUT2D eigenvalue weighted by molar-refractivity contribution is -0.00507. The van der Waals surface area contributed by atoms with Crippen LogP contribution in [0.3, 0.4) is 0 Å². The summed E-state index contributed by atoms with van der Waals surface area (Å²) in [6, 6.07) is 0.266. The van der Waals surface area contributed by atoms with E-state index in [-0.39, 0.29) is 6.04 Å². The first-order chi connectivity index (χ1) is 7.89. The van der Waals surface area contributed by atoms with E-state index in [2.05, 4.69) is 16.9 Å². The topological polar surface area (TPSA) is 41.3 Å². The van der Waals surface area contributed by atoms with Crippen LogP contribution in [-0.4, -0.2) is 38.0 Å². The van der Waals surface area contributed by atoms with Crippen molar-refractivity contribution in [3.63, 3.8) is 0 Å². The van der Waals surface area contributed by atoms with Gasteiger partial charge in [-0.25, -0.2) is 0 Å². The van der Waals surface area contributed by atoms with Crippen molar-refractivity contribution in [3.05, 3.63) is 17.5 Å². The lowest BCUT2D eigenvalue weighted by Gasteiger charge is -2.33. The Morgan fingerprint density at radius 2 is 2.24 bits per heavy atom. The second-order valence-electron chi connectivity index (χ2n) is 5.66. The minimum absolute atomic E-state index is 0.266. The van der Waals surface area contributed by atoms with E-state index >= 15 is 0 Å². The highest BCUT2D eigenvalue weighted by atomic mass is 16.3. The van der Waals surface area contributed by atoms with Gasteiger partial charge in [-0.3, -0.25) is 9.58 Å². The van der Waals surface area contributed by atoms with Crippen LogP contribution in [0.2, 0.25) is 0 Å². The maximum Gasteiger partial charge on any atom is 0.0746 e. The zero-order valence-corrected chi connectivity index (χ0v) is 11.3. The van der Waals surface area contributed by atoms with Gasteiger partial charge in [0.25, 0.3) is 0 Å². The number of hydrogen-bond donors (Lipinski definition) is 1. The third-order valence-corrected chi connectivity index (χ3v) is 3.89. The van der Waals surface area contributed by atoms with E-state index < -0.39 is 5.60 Å². The molecule has 1 unspecified atom stereocenters. The van der Waals surface area contributed by atoms with Crippen LogP contribution in [0.4, 0.5) is 0 Å². The predicted octanol–water partition coefficient (Wildman–Crippen LogP) is 1.46. The van der Waals surface area contributed by atoms with Gasteiger partial charge in [0.05, 0.1) is 11.8 Å². The lowest BCUT2D eigenvalue weighted by atomic mass is 9.96. The summed E-state index contributed by atoms with van der Waals surface area (Å²) in [4.78, 5) is 2.38. The molecule has 0 bridgehead atoms. The molecule has 96 valence electrons. The number of rotatable bonds is 3. The number of aliphatic hydroxyl groups is 1. The summed E-state index contributed by atoms with van der Waals surface area (Å²) in [5, 5.41) is 14.5. The Hall–Kier alpha value is -0.870. The highest BCUT2D eigenvalue weighted by molar-refractivity contribution is 5.16. The molecule has 1 N–H and O–H groups in total. The number of likely N-dealkylation sites (tertiary alicyclic amines) is 1.